The Morgan fingerprint density at radius 3 is 1.76 bits per heavy atom. The van der Waals surface area contributed by atoms with E-state index in [9.17, 15) is 0 Å². The van der Waals surface area contributed by atoms with Crippen LogP contribution >= 0.6 is 0 Å². The minimum atomic E-state index is -1.82. The average molecular weight is 496 g/mol. The van der Waals surface area contributed by atoms with E-state index in [-0.39, 0.29) is 5.41 Å². The Hall–Kier alpha value is -3.88. The number of nitrogens with zero attached hydrogens (tertiary/aromatic N) is 1. The number of likely N-dealkylation sites (tertiary alicyclic amines) is 1. The van der Waals surface area contributed by atoms with Crippen LogP contribution in [-0.4, -0.2) is 46.7 Å². The SMILES string of the molecule is C(#CCC1(Cc2ccccc2)c2ccccc2-c2ccccc21)CN1CCCCCC1.O=C(O)C(=O)O. The standard InChI is InChI=1S/C30H31N.C2H2O4/c1-2-12-22-31(21-11-1)23-13-10-20-30(24-25-14-4-3-5-15-25)28-18-8-6-16-26(28)27-17-7-9-19-29(27)30;3-1(4)2(5)6/h3-9,14-19H,1-2,11-12,20-24H2;(H,3,4)(H,5,6). The predicted octanol–water partition coefficient (Wildman–Crippen LogP) is 5.62. The third-order valence-electron chi connectivity index (χ3n) is 7.22. The van der Waals surface area contributed by atoms with Gasteiger partial charge in [0.2, 0.25) is 0 Å². The van der Waals surface area contributed by atoms with E-state index in [1.807, 2.05) is 0 Å². The molecule has 0 unspecified atom stereocenters. The fourth-order valence-electron chi connectivity index (χ4n) is 5.48. The predicted molar refractivity (Wildman–Crippen MR) is 145 cm³/mol. The molecule has 1 heterocycles. The summed E-state index contributed by atoms with van der Waals surface area (Å²) >= 11 is 0. The lowest BCUT2D eigenvalue weighted by molar-refractivity contribution is -0.159. The van der Waals surface area contributed by atoms with E-state index in [4.69, 9.17) is 19.8 Å². The lowest BCUT2D eigenvalue weighted by Gasteiger charge is -2.30. The second kappa shape index (κ2) is 12.4. The molecule has 0 saturated carbocycles. The van der Waals surface area contributed by atoms with E-state index in [2.05, 4.69) is 95.6 Å². The molecule has 5 heteroatoms. The van der Waals surface area contributed by atoms with Crippen LogP contribution in [0.3, 0.4) is 0 Å². The van der Waals surface area contributed by atoms with Gasteiger partial charge in [-0.05, 0) is 60.2 Å². The molecule has 0 atom stereocenters. The second-order valence-electron chi connectivity index (χ2n) is 9.67. The number of rotatable bonds is 4. The van der Waals surface area contributed by atoms with Crippen molar-refractivity contribution in [2.45, 2.75) is 43.9 Å². The third-order valence-corrected chi connectivity index (χ3v) is 7.22. The van der Waals surface area contributed by atoms with Crippen LogP contribution in [0.25, 0.3) is 11.1 Å². The number of benzene rings is 3. The van der Waals surface area contributed by atoms with Gasteiger partial charge in [0.1, 0.15) is 0 Å². The summed E-state index contributed by atoms with van der Waals surface area (Å²) in [7, 11) is 0. The van der Waals surface area contributed by atoms with E-state index in [1.165, 1.54) is 66.6 Å². The molecule has 5 nitrogen and oxygen atoms in total. The van der Waals surface area contributed by atoms with E-state index in [0.717, 1.165) is 19.4 Å². The number of carbonyl (C=O) groups is 2. The lowest BCUT2D eigenvalue weighted by Crippen LogP contribution is -2.28. The minimum Gasteiger partial charge on any atom is -0.473 e. The average Bonchev–Trinajstić information content (AvgIpc) is 3.05. The molecule has 0 spiro atoms. The van der Waals surface area contributed by atoms with E-state index < -0.39 is 11.9 Å². The van der Waals surface area contributed by atoms with Crippen LogP contribution < -0.4 is 0 Å². The molecule has 0 radical (unpaired) electrons. The Bertz CT molecular complexity index is 1220. The summed E-state index contributed by atoms with van der Waals surface area (Å²) in [5.74, 6) is 3.56. The highest BCUT2D eigenvalue weighted by Crippen LogP contribution is 2.52. The Kier molecular flexibility index (Phi) is 8.77. The molecule has 1 aliphatic carbocycles. The molecule has 3 aromatic carbocycles. The van der Waals surface area contributed by atoms with E-state index in [0.29, 0.717) is 0 Å². The lowest BCUT2D eigenvalue weighted by atomic mass is 9.71. The van der Waals surface area contributed by atoms with Crippen molar-refractivity contribution >= 4 is 11.9 Å². The highest BCUT2D eigenvalue weighted by Gasteiger charge is 2.42. The zero-order chi connectivity index (χ0) is 26.1. The molecule has 5 rings (SSSR count). The van der Waals surface area contributed by atoms with Gasteiger partial charge in [0, 0.05) is 11.8 Å². The highest BCUT2D eigenvalue weighted by molar-refractivity contribution is 6.27. The van der Waals surface area contributed by atoms with Gasteiger partial charge in [-0.1, -0.05) is 97.6 Å². The van der Waals surface area contributed by atoms with Crippen LogP contribution in [0.4, 0.5) is 0 Å². The molecule has 1 fully saturated rings. The molecule has 37 heavy (non-hydrogen) atoms. The van der Waals surface area contributed by atoms with Crippen molar-refractivity contribution in [1.29, 1.82) is 0 Å². The summed E-state index contributed by atoms with van der Waals surface area (Å²) in [5, 5.41) is 14.8. The minimum absolute atomic E-state index is 0.0830. The van der Waals surface area contributed by atoms with Crippen LogP contribution in [-0.2, 0) is 21.4 Å². The highest BCUT2D eigenvalue weighted by atomic mass is 16.4. The summed E-state index contributed by atoms with van der Waals surface area (Å²) in [6, 6.07) is 28.9. The molecule has 190 valence electrons. The summed E-state index contributed by atoms with van der Waals surface area (Å²) in [6.07, 6.45) is 7.24. The summed E-state index contributed by atoms with van der Waals surface area (Å²) in [6.45, 7) is 3.32. The monoisotopic (exact) mass is 495 g/mol. The molecule has 2 N–H and O–H groups in total. The van der Waals surface area contributed by atoms with Gasteiger partial charge in [-0.25, -0.2) is 9.59 Å². The zero-order valence-electron chi connectivity index (χ0n) is 21.0. The van der Waals surface area contributed by atoms with Crippen molar-refractivity contribution in [2.75, 3.05) is 19.6 Å². The normalized spacial score (nSPS) is 15.6. The zero-order valence-corrected chi connectivity index (χ0v) is 21.0. The molecule has 0 aromatic heterocycles. The fourth-order valence-corrected chi connectivity index (χ4v) is 5.48. The maximum absolute atomic E-state index is 9.10. The summed E-state index contributed by atoms with van der Waals surface area (Å²) in [4.78, 5) is 20.7. The smallest absolute Gasteiger partial charge is 0.414 e. The Morgan fingerprint density at radius 2 is 1.22 bits per heavy atom. The van der Waals surface area contributed by atoms with Crippen molar-refractivity contribution in [3.05, 3.63) is 95.6 Å². The van der Waals surface area contributed by atoms with Gasteiger partial charge in [-0.3, -0.25) is 4.90 Å². The van der Waals surface area contributed by atoms with Crippen LogP contribution in [0.1, 0.15) is 48.8 Å². The summed E-state index contributed by atoms with van der Waals surface area (Å²) in [5.41, 5.74) is 6.92. The van der Waals surface area contributed by atoms with Gasteiger partial charge in [0.05, 0.1) is 6.54 Å². The number of carboxylic acids is 2. The Morgan fingerprint density at radius 1 is 0.703 bits per heavy atom. The maximum atomic E-state index is 9.10. The molecule has 1 saturated heterocycles. The van der Waals surface area contributed by atoms with Crippen LogP contribution in [0.15, 0.2) is 78.9 Å². The fraction of sp³-hybridized carbons (Fsp3) is 0.312. The van der Waals surface area contributed by atoms with Gasteiger partial charge in [0.15, 0.2) is 0 Å². The van der Waals surface area contributed by atoms with E-state index in [1.54, 1.807) is 0 Å². The van der Waals surface area contributed by atoms with E-state index >= 15 is 0 Å². The quantitative estimate of drug-likeness (QED) is 0.363. The summed E-state index contributed by atoms with van der Waals surface area (Å²) < 4.78 is 0. The number of hydrogen-bond donors (Lipinski definition) is 2. The number of aliphatic carboxylic acids is 2. The first kappa shape index (κ1) is 26.2. The van der Waals surface area contributed by atoms with Gasteiger partial charge in [-0.2, -0.15) is 0 Å². The molecule has 2 aliphatic rings. The maximum Gasteiger partial charge on any atom is 0.414 e. The third kappa shape index (κ3) is 6.28. The van der Waals surface area contributed by atoms with Crippen molar-refractivity contribution in [1.82, 2.24) is 4.90 Å². The Balaban J connectivity index is 0.000000480. The van der Waals surface area contributed by atoms with Gasteiger partial charge >= 0.3 is 11.9 Å². The van der Waals surface area contributed by atoms with Crippen molar-refractivity contribution in [3.63, 3.8) is 0 Å². The van der Waals surface area contributed by atoms with Crippen molar-refractivity contribution in [3.8, 4) is 23.0 Å². The molecular weight excluding hydrogens is 462 g/mol. The Labute approximate surface area is 218 Å². The molecule has 0 amide bonds. The topological polar surface area (TPSA) is 77.8 Å². The second-order valence-corrected chi connectivity index (χ2v) is 9.67. The molecule has 0 bridgehead atoms. The first-order valence-electron chi connectivity index (χ1n) is 12.9. The molecule has 3 aromatic rings. The number of fused-ring (bicyclic) bond motifs is 3. The first-order valence-corrected chi connectivity index (χ1v) is 12.9. The van der Waals surface area contributed by atoms with Crippen LogP contribution in [0, 0.1) is 11.8 Å². The first-order chi connectivity index (χ1) is 18.0. The van der Waals surface area contributed by atoms with Gasteiger partial charge in [-0.15, -0.1) is 5.92 Å². The molecule has 1 aliphatic heterocycles. The molecular formula is C32H33NO4. The van der Waals surface area contributed by atoms with Crippen molar-refractivity contribution in [2.24, 2.45) is 0 Å². The van der Waals surface area contributed by atoms with Gasteiger partial charge < -0.3 is 10.2 Å². The largest absolute Gasteiger partial charge is 0.473 e. The van der Waals surface area contributed by atoms with Crippen molar-refractivity contribution < 1.29 is 19.8 Å². The van der Waals surface area contributed by atoms with Gasteiger partial charge in [0.25, 0.3) is 0 Å². The van der Waals surface area contributed by atoms with Crippen LogP contribution in [0.2, 0.25) is 0 Å². The van der Waals surface area contributed by atoms with Crippen LogP contribution in [0.5, 0.6) is 0 Å². The number of carboxylic acid groups (broad SMARTS) is 2. The number of hydrogen-bond acceptors (Lipinski definition) is 3.